The molecule has 3 rings (SSSR count). The number of nitrogens with one attached hydrogen (secondary N) is 1. The van der Waals surface area contributed by atoms with Crippen LogP contribution < -0.4 is 5.32 Å². The Balaban J connectivity index is 1.57. The summed E-state index contributed by atoms with van der Waals surface area (Å²) < 4.78 is 6.35. The molecule has 2 aliphatic rings. The van der Waals surface area contributed by atoms with E-state index in [-0.39, 0.29) is 5.60 Å². The second-order valence-corrected chi connectivity index (χ2v) is 7.30. The molecule has 20 heavy (non-hydrogen) atoms. The summed E-state index contributed by atoms with van der Waals surface area (Å²) in [5.74, 6) is 0. The average molecular weight is 295 g/mol. The zero-order chi connectivity index (χ0) is 14.2. The Morgan fingerprint density at radius 2 is 2.25 bits per heavy atom. The monoisotopic (exact) mass is 295 g/mol. The molecule has 0 amide bonds. The Labute approximate surface area is 125 Å². The second kappa shape index (κ2) is 5.72. The molecule has 1 spiro atoms. The van der Waals surface area contributed by atoms with Crippen LogP contribution in [0.5, 0.6) is 0 Å². The number of nitrogens with zero attached hydrogens (tertiary/aromatic N) is 2. The smallest absolute Gasteiger partial charge is 0.0798 e. The van der Waals surface area contributed by atoms with E-state index in [1.54, 1.807) is 11.3 Å². The topological polar surface area (TPSA) is 37.4 Å². The summed E-state index contributed by atoms with van der Waals surface area (Å²) in [5, 5.41) is 3.69. The van der Waals surface area contributed by atoms with Gasteiger partial charge in [-0.15, -0.1) is 11.3 Å². The lowest BCUT2D eigenvalue weighted by Crippen LogP contribution is -2.43. The van der Waals surface area contributed by atoms with Gasteiger partial charge >= 0.3 is 0 Å². The fraction of sp³-hybridized carbons (Fsp3) is 0.800. The minimum absolute atomic E-state index is 0.131. The minimum Gasteiger partial charge on any atom is -0.370 e. The number of likely N-dealkylation sites (tertiary alicyclic amines) is 1. The Bertz CT molecular complexity index is 454. The lowest BCUT2D eigenvalue weighted by Gasteiger charge is -2.37. The molecule has 0 aromatic carbocycles. The number of hydrogen-bond donors (Lipinski definition) is 1. The minimum atomic E-state index is 0.131. The molecule has 1 aromatic rings. The molecule has 2 fully saturated rings. The van der Waals surface area contributed by atoms with Gasteiger partial charge in [-0.3, -0.25) is 0 Å². The SMILES string of the molecule is Cc1ncsc1CN[C@H]1CC2(CCN(C)CC2)O[C@@H]1C. The number of piperidine rings is 1. The number of rotatable bonds is 3. The fourth-order valence-corrected chi connectivity index (χ4v) is 4.13. The van der Waals surface area contributed by atoms with E-state index in [0.717, 1.165) is 31.7 Å². The first-order valence-electron chi connectivity index (χ1n) is 7.57. The van der Waals surface area contributed by atoms with E-state index < -0.39 is 0 Å². The van der Waals surface area contributed by atoms with Gasteiger partial charge in [0.2, 0.25) is 0 Å². The molecular formula is C15H25N3OS. The van der Waals surface area contributed by atoms with Crippen LogP contribution in [-0.4, -0.2) is 47.8 Å². The molecule has 5 heteroatoms. The zero-order valence-corrected chi connectivity index (χ0v) is 13.5. The van der Waals surface area contributed by atoms with Gasteiger partial charge in [-0.05, 0) is 40.2 Å². The molecule has 0 radical (unpaired) electrons. The van der Waals surface area contributed by atoms with Gasteiger partial charge in [0, 0.05) is 30.6 Å². The van der Waals surface area contributed by atoms with Gasteiger partial charge in [-0.2, -0.15) is 0 Å². The molecule has 2 atom stereocenters. The predicted octanol–water partition coefficient (Wildman–Crippen LogP) is 2.18. The Hall–Kier alpha value is -0.490. The Morgan fingerprint density at radius 1 is 1.50 bits per heavy atom. The maximum atomic E-state index is 6.35. The third-order valence-electron chi connectivity index (χ3n) is 4.86. The summed E-state index contributed by atoms with van der Waals surface area (Å²) in [6.45, 7) is 7.54. The Morgan fingerprint density at radius 3 is 2.90 bits per heavy atom. The third-order valence-corrected chi connectivity index (χ3v) is 5.80. The third kappa shape index (κ3) is 2.91. The van der Waals surface area contributed by atoms with E-state index in [4.69, 9.17) is 4.74 Å². The summed E-state index contributed by atoms with van der Waals surface area (Å²) in [5.41, 5.74) is 3.22. The zero-order valence-electron chi connectivity index (χ0n) is 12.7. The molecule has 1 aromatic heterocycles. The van der Waals surface area contributed by atoms with Crippen molar-refractivity contribution in [1.82, 2.24) is 15.2 Å². The summed E-state index contributed by atoms with van der Waals surface area (Å²) in [6.07, 6.45) is 3.81. The van der Waals surface area contributed by atoms with Gasteiger partial charge < -0.3 is 15.0 Å². The van der Waals surface area contributed by atoms with Crippen molar-refractivity contribution >= 4 is 11.3 Å². The standard InChI is InChI=1S/C15H25N3OS/c1-11-14(20-10-17-11)9-16-13-8-15(19-12(13)2)4-6-18(3)7-5-15/h10,12-13,16H,4-9H2,1-3H3/t12-,13+/m1/s1. The van der Waals surface area contributed by atoms with Gasteiger partial charge in [0.25, 0.3) is 0 Å². The first-order valence-corrected chi connectivity index (χ1v) is 8.45. The highest BCUT2D eigenvalue weighted by Gasteiger charge is 2.45. The Kier molecular flexibility index (Phi) is 4.13. The van der Waals surface area contributed by atoms with Crippen molar-refractivity contribution in [3.63, 3.8) is 0 Å². The maximum Gasteiger partial charge on any atom is 0.0798 e. The molecule has 0 saturated carbocycles. The average Bonchev–Trinajstić information content (AvgIpc) is 2.96. The van der Waals surface area contributed by atoms with E-state index in [2.05, 4.69) is 36.1 Å². The van der Waals surface area contributed by atoms with E-state index in [9.17, 15) is 0 Å². The highest BCUT2D eigenvalue weighted by Crippen LogP contribution is 2.38. The summed E-state index contributed by atoms with van der Waals surface area (Å²) in [7, 11) is 2.20. The molecule has 1 N–H and O–H groups in total. The molecule has 2 saturated heterocycles. The summed E-state index contributed by atoms with van der Waals surface area (Å²) in [6, 6.07) is 0.472. The molecule has 0 bridgehead atoms. The number of aryl methyl sites for hydroxylation is 1. The van der Waals surface area contributed by atoms with Gasteiger partial charge in [0.05, 0.1) is 22.9 Å². The molecule has 112 valence electrons. The maximum absolute atomic E-state index is 6.35. The van der Waals surface area contributed by atoms with Gasteiger partial charge in [-0.1, -0.05) is 0 Å². The van der Waals surface area contributed by atoms with Gasteiger partial charge in [0.15, 0.2) is 0 Å². The van der Waals surface area contributed by atoms with Crippen LogP contribution in [0.1, 0.15) is 36.8 Å². The first kappa shape index (κ1) is 14.4. The molecular weight excluding hydrogens is 270 g/mol. The molecule has 2 aliphatic heterocycles. The number of ether oxygens (including phenoxy) is 1. The number of hydrogen-bond acceptors (Lipinski definition) is 5. The van der Waals surface area contributed by atoms with Crippen LogP contribution in [0.3, 0.4) is 0 Å². The molecule has 3 heterocycles. The van der Waals surface area contributed by atoms with E-state index in [0.29, 0.717) is 12.1 Å². The van der Waals surface area contributed by atoms with Crippen LogP contribution in [0.15, 0.2) is 5.51 Å². The van der Waals surface area contributed by atoms with Crippen LogP contribution in [0.2, 0.25) is 0 Å². The van der Waals surface area contributed by atoms with Crippen molar-refractivity contribution in [2.24, 2.45) is 0 Å². The predicted molar refractivity (Wildman–Crippen MR) is 82.1 cm³/mol. The van der Waals surface area contributed by atoms with Crippen molar-refractivity contribution < 1.29 is 4.74 Å². The second-order valence-electron chi connectivity index (χ2n) is 6.36. The van der Waals surface area contributed by atoms with Gasteiger partial charge in [-0.25, -0.2) is 4.98 Å². The van der Waals surface area contributed by atoms with Crippen molar-refractivity contribution in [3.05, 3.63) is 16.1 Å². The van der Waals surface area contributed by atoms with Crippen LogP contribution in [0.25, 0.3) is 0 Å². The fourth-order valence-electron chi connectivity index (χ4n) is 3.40. The van der Waals surface area contributed by atoms with Crippen molar-refractivity contribution in [2.45, 2.75) is 57.4 Å². The van der Waals surface area contributed by atoms with Crippen molar-refractivity contribution in [2.75, 3.05) is 20.1 Å². The molecule has 4 nitrogen and oxygen atoms in total. The first-order chi connectivity index (χ1) is 9.58. The van der Waals surface area contributed by atoms with Crippen LogP contribution in [-0.2, 0) is 11.3 Å². The highest BCUT2D eigenvalue weighted by molar-refractivity contribution is 7.09. The van der Waals surface area contributed by atoms with Crippen LogP contribution in [0.4, 0.5) is 0 Å². The van der Waals surface area contributed by atoms with Crippen molar-refractivity contribution in [3.8, 4) is 0 Å². The molecule has 0 unspecified atom stereocenters. The molecule has 0 aliphatic carbocycles. The van der Waals surface area contributed by atoms with Crippen LogP contribution >= 0.6 is 11.3 Å². The van der Waals surface area contributed by atoms with E-state index >= 15 is 0 Å². The van der Waals surface area contributed by atoms with E-state index in [1.807, 2.05) is 5.51 Å². The highest BCUT2D eigenvalue weighted by atomic mass is 32.1. The largest absolute Gasteiger partial charge is 0.370 e. The normalized spacial score (nSPS) is 30.1. The summed E-state index contributed by atoms with van der Waals surface area (Å²) in [4.78, 5) is 8.07. The van der Waals surface area contributed by atoms with Crippen molar-refractivity contribution in [1.29, 1.82) is 0 Å². The lowest BCUT2D eigenvalue weighted by atomic mass is 9.87. The summed E-state index contributed by atoms with van der Waals surface area (Å²) >= 11 is 1.74. The number of thiazole rings is 1. The quantitative estimate of drug-likeness (QED) is 0.927. The lowest BCUT2D eigenvalue weighted by molar-refractivity contribution is -0.0693. The van der Waals surface area contributed by atoms with Crippen LogP contribution in [0, 0.1) is 6.92 Å². The van der Waals surface area contributed by atoms with Gasteiger partial charge in [0.1, 0.15) is 0 Å². The van der Waals surface area contributed by atoms with E-state index in [1.165, 1.54) is 17.7 Å². The number of aromatic nitrogens is 1.